The molecule has 0 aliphatic heterocycles. The van der Waals surface area contributed by atoms with Crippen LogP contribution in [-0.2, 0) is 11.2 Å². The van der Waals surface area contributed by atoms with Crippen LogP contribution in [0.2, 0.25) is 0 Å². The fraction of sp³-hybridized carbons (Fsp3) is 0.538. The van der Waals surface area contributed by atoms with Gasteiger partial charge in [0, 0.05) is 6.42 Å². The molecule has 1 atom stereocenters. The molecular formula is C13H18N2O4S. The van der Waals surface area contributed by atoms with E-state index >= 15 is 0 Å². The number of rotatable bonds is 7. The lowest BCUT2D eigenvalue weighted by atomic mass is 10.2. The molecule has 2 N–H and O–H groups in total. The number of aromatic nitrogens is 2. The molecule has 1 heterocycles. The third-order valence-corrected chi connectivity index (χ3v) is 3.95. The molecular weight excluding hydrogens is 280 g/mol. The number of thioether (sulfide) groups is 1. The lowest BCUT2D eigenvalue weighted by molar-refractivity contribution is -0.136. The Hall–Kier alpha value is -1.63. The van der Waals surface area contributed by atoms with Crippen LogP contribution in [-0.4, -0.2) is 37.4 Å². The summed E-state index contributed by atoms with van der Waals surface area (Å²) in [5, 5.41) is 18.0. The molecule has 20 heavy (non-hydrogen) atoms. The number of carbonyl (C=O) groups is 2. The third kappa shape index (κ3) is 3.93. The van der Waals surface area contributed by atoms with Gasteiger partial charge in [-0.2, -0.15) is 0 Å². The molecule has 0 amide bonds. The second kappa shape index (κ2) is 7.23. The molecule has 110 valence electrons. The molecule has 0 bridgehead atoms. The van der Waals surface area contributed by atoms with Crippen LogP contribution >= 0.6 is 11.8 Å². The fourth-order valence-electron chi connectivity index (χ4n) is 1.72. The van der Waals surface area contributed by atoms with Crippen LogP contribution in [0.15, 0.2) is 5.03 Å². The standard InChI is InChI=1S/C13H18N2O4S/c1-4-6-8(12(16)17)20-11-10(13(18)19)7(3)14-9(5-2)15-11/h8H,4-6H2,1-3H3,(H,16,17)(H,18,19). The highest BCUT2D eigenvalue weighted by Gasteiger charge is 2.24. The Bertz CT molecular complexity index is 519. The van der Waals surface area contributed by atoms with Gasteiger partial charge in [-0.15, -0.1) is 0 Å². The van der Waals surface area contributed by atoms with Gasteiger partial charge in [-0.3, -0.25) is 4.79 Å². The molecule has 0 aromatic carbocycles. The summed E-state index contributed by atoms with van der Waals surface area (Å²) in [5.74, 6) is -1.56. The Morgan fingerprint density at radius 3 is 2.35 bits per heavy atom. The molecule has 0 spiro atoms. The number of carboxylic acid groups (broad SMARTS) is 2. The van der Waals surface area contributed by atoms with E-state index in [-0.39, 0.29) is 10.6 Å². The molecule has 1 aromatic heterocycles. The number of nitrogens with zero attached hydrogens (tertiary/aromatic N) is 2. The van der Waals surface area contributed by atoms with Crippen LogP contribution in [0.25, 0.3) is 0 Å². The molecule has 0 radical (unpaired) electrons. The van der Waals surface area contributed by atoms with Gasteiger partial charge in [0.1, 0.15) is 21.7 Å². The fourth-order valence-corrected chi connectivity index (χ4v) is 2.96. The summed E-state index contributed by atoms with van der Waals surface area (Å²) in [6.07, 6.45) is 1.74. The molecule has 1 aromatic rings. The molecule has 0 aliphatic carbocycles. The van der Waals surface area contributed by atoms with Gasteiger partial charge in [-0.25, -0.2) is 14.8 Å². The van der Waals surface area contributed by atoms with Crippen LogP contribution in [0.4, 0.5) is 0 Å². The molecule has 0 saturated heterocycles. The Labute approximate surface area is 121 Å². The van der Waals surface area contributed by atoms with Gasteiger partial charge in [-0.1, -0.05) is 32.0 Å². The van der Waals surface area contributed by atoms with Crippen molar-refractivity contribution in [1.29, 1.82) is 0 Å². The normalized spacial score (nSPS) is 12.2. The highest BCUT2D eigenvalue weighted by molar-refractivity contribution is 8.00. The average Bonchev–Trinajstić information content (AvgIpc) is 2.36. The quantitative estimate of drug-likeness (QED) is 0.588. The van der Waals surface area contributed by atoms with Gasteiger partial charge < -0.3 is 10.2 Å². The van der Waals surface area contributed by atoms with E-state index in [1.165, 1.54) is 0 Å². The third-order valence-electron chi connectivity index (χ3n) is 2.71. The van der Waals surface area contributed by atoms with Crippen molar-refractivity contribution >= 4 is 23.7 Å². The molecule has 0 saturated carbocycles. The largest absolute Gasteiger partial charge is 0.480 e. The maximum atomic E-state index is 11.3. The van der Waals surface area contributed by atoms with E-state index in [1.807, 2.05) is 13.8 Å². The number of aliphatic carboxylic acids is 1. The van der Waals surface area contributed by atoms with Crippen LogP contribution in [0.5, 0.6) is 0 Å². The molecule has 1 rings (SSSR count). The van der Waals surface area contributed by atoms with Gasteiger partial charge in [-0.05, 0) is 13.3 Å². The predicted molar refractivity (Wildman–Crippen MR) is 75.3 cm³/mol. The first kappa shape index (κ1) is 16.4. The number of hydrogen-bond acceptors (Lipinski definition) is 5. The van der Waals surface area contributed by atoms with Gasteiger partial charge in [0.15, 0.2) is 0 Å². The molecule has 0 fully saturated rings. The lowest BCUT2D eigenvalue weighted by Crippen LogP contribution is -2.18. The minimum atomic E-state index is -1.13. The predicted octanol–water partition coefficient (Wildman–Crippen LogP) is 2.39. The first-order valence-corrected chi connectivity index (χ1v) is 7.28. The summed E-state index contributed by atoms with van der Waals surface area (Å²) in [6.45, 7) is 5.35. The summed E-state index contributed by atoms with van der Waals surface area (Å²) >= 11 is 0.989. The number of aromatic carboxylic acids is 1. The Balaban J connectivity index is 3.23. The van der Waals surface area contributed by atoms with Gasteiger partial charge in [0.2, 0.25) is 0 Å². The van der Waals surface area contributed by atoms with Crippen LogP contribution in [0.1, 0.15) is 48.6 Å². The van der Waals surface area contributed by atoms with Crippen molar-refractivity contribution in [2.45, 2.75) is 50.3 Å². The highest BCUT2D eigenvalue weighted by atomic mass is 32.2. The first-order valence-electron chi connectivity index (χ1n) is 6.40. The van der Waals surface area contributed by atoms with Crippen LogP contribution < -0.4 is 0 Å². The SMILES string of the molecule is CCCC(Sc1nc(CC)nc(C)c1C(=O)O)C(=O)O. The van der Waals surface area contributed by atoms with Gasteiger partial charge >= 0.3 is 11.9 Å². The van der Waals surface area contributed by atoms with Crippen LogP contribution in [0.3, 0.4) is 0 Å². The second-order valence-corrected chi connectivity index (χ2v) is 5.49. The Kier molecular flexibility index (Phi) is 5.94. The summed E-state index contributed by atoms with van der Waals surface area (Å²) in [4.78, 5) is 30.8. The lowest BCUT2D eigenvalue weighted by Gasteiger charge is -2.13. The summed E-state index contributed by atoms with van der Waals surface area (Å²) in [7, 11) is 0. The topological polar surface area (TPSA) is 100 Å². The smallest absolute Gasteiger partial charge is 0.340 e. The second-order valence-electron chi connectivity index (χ2n) is 4.30. The van der Waals surface area contributed by atoms with Gasteiger partial charge in [0.25, 0.3) is 0 Å². The van der Waals surface area contributed by atoms with Crippen molar-refractivity contribution in [3.63, 3.8) is 0 Å². The summed E-state index contributed by atoms with van der Waals surface area (Å²) < 4.78 is 0. The van der Waals surface area contributed by atoms with E-state index in [9.17, 15) is 19.8 Å². The van der Waals surface area contributed by atoms with Crippen molar-refractivity contribution in [3.8, 4) is 0 Å². The zero-order valence-corrected chi connectivity index (χ0v) is 12.5. The van der Waals surface area contributed by atoms with Crippen molar-refractivity contribution < 1.29 is 19.8 Å². The highest BCUT2D eigenvalue weighted by Crippen LogP contribution is 2.29. The molecule has 6 nitrogen and oxygen atoms in total. The Morgan fingerprint density at radius 1 is 1.25 bits per heavy atom. The number of aryl methyl sites for hydroxylation is 2. The van der Waals surface area contributed by atoms with E-state index < -0.39 is 17.2 Å². The molecule has 1 unspecified atom stereocenters. The van der Waals surface area contributed by atoms with Gasteiger partial charge in [0.05, 0.1) is 5.69 Å². The van der Waals surface area contributed by atoms with Crippen LogP contribution in [0, 0.1) is 6.92 Å². The van der Waals surface area contributed by atoms with E-state index in [1.54, 1.807) is 6.92 Å². The first-order chi connectivity index (χ1) is 9.40. The molecule has 0 aliphatic rings. The number of hydrogen-bond donors (Lipinski definition) is 2. The van der Waals surface area contributed by atoms with Crippen molar-refractivity contribution in [1.82, 2.24) is 9.97 Å². The summed E-state index contributed by atoms with van der Waals surface area (Å²) in [5.41, 5.74) is 0.363. The van der Waals surface area contributed by atoms with Crippen molar-refractivity contribution in [3.05, 3.63) is 17.1 Å². The summed E-state index contributed by atoms with van der Waals surface area (Å²) in [6, 6.07) is 0. The number of carboxylic acids is 2. The zero-order valence-electron chi connectivity index (χ0n) is 11.7. The van der Waals surface area contributed by atoms with E-state index in [2.05, 4.69) is 9.97 Å². The molecule has 7 heteroatoms. The van der Waals surface area contributed by atoms with Crippen molar-refractivity contribution in [2.24, 2.45) is 0 Å². The maximum Gasteiger partial charge on any atom is 0.340 e. The van der Waals surface area contributed by atoms with E-state index in [4.69, 9.17) is 0 Å². The average molecular weight is 298 g/mol. The van der Waals surface area contributed by atoms with E-state index in [0.717, 1.165) is 11.8 Å². The minimum absolute atomic E-state index is 0.00504. The van der Waals surface area contributed by atoms with E-state index in [0.29, 0.717) is 30.8 Å². The Morgan fingerprint density at radius 2 is 1.90 bits per heavy atom. The minimum Gasteiger partial charge on any atom is -0.480 e. The monoisotopic (exact) mass is 298 g/mol. The zero-order chi connectivity index (χ0) is 15.3. The van der Waals surface area contributed by atoms with Crippen molar-refractivity contribution in [2.75, 3.05) is 0 Å². The maximum absolute atomic E-state index is 11.3.